The highest BCUT2D eigenvalue weighted by Crippen LogP contribution is 2.48. The molecule has 1 aliphatic carbocycles. The summed E-state index contributed by atoms with van der Waals surface area (Å²) < 4.78 is 0. The lowest BCUT2D eigenvalue weighted by Crippen LogP contribution is -2.22. The summed E-state index contributed by atoms with van der Waals surface area (Å²) in [6.07, 6.45) is 1.17. The normalized spacial score (nSPS) is 21.2. The van der Waals surface area contributed by atoms with Crippen molar-refractivity contribution in [3.63, 3.8) is 0 Å². The van der Waals surface area contributed by atoms with Gasteiger partial charge in [0.1, 0.15) is 0 Å². The van der Waals surface area contributed by atoms with Gasteiger partial charge in [-0.2, -0.15) is 0 Å². The first-order valence-corrected chi connectivity index (χ1v) is 6.33. The fourth-order valence-electron chi connectivity index (χ4n) is 3.21. The minimum atomic E-state index is 0.248. The summed E-state index contributed by atoms with van der Waals surface area (Å²) >= 11 is 0. The van der Waals surface area contributed by atoms with Gasteiger partial charge in [0.15, 0.2) is 0 Å². The Kier molecular flexibility index (Phi) is 2.32. The first kappa shape index (κ1) is 10.6. The predicted molar refractivity (Wildman–Crippen MR) is 72.4 cm³/mol. The fraction of sp³-hybridized carbons (Fsp3) is 0.294. The number of rotatable bonds is 1. The van der Waals surface area contributed by atoms with E-state index in [-0.39, 0.29) is 5.41 Å². The van der Waals surface area contributed by atoms with Gasteiger partial charge in [0.2, 0.25) is 0 Å². The molecule has 0 nitrogen and oxygen atoms in total. The average molecular weight is 222 g/mol. The summed E-state index contributed by atoms with van der Waals surface area (Å²) in [5, 5.41) is 0. The van der Waals surface area contributed by atoms with Crippen molar-refractivity contribution in [2.24, 2.45) is 0 Å². The van der Waals surface area contributed by atoms with Crippen molar-refractivity contribution in [2.75, 3.05) is 0 Å². The van der Waals surface area contributed by atoms with Crippen LogP contribution in [0.4, 0.5) is 0 Å². The number of hydrogen-bond acceptors (Lipinski definition) is 0. The predicted octanol–water partition coefficient (Wildman–Crippen LogP) is 4.30. The highest BCUT2D eigenvalue weighted by atomic mass is 14.4. The summed E-state index contributed by atoms with van der Waals surface area (Å²) in [7, 11) is 0. The van der Waals surface area contributed by atoms with Gasteiger partial charge in [0, 0.05) is 0 Å². The highest BCUT2D eigenvalue weighted by Gasteiger charge is 2.39. The van der Waals surface area contributed by atoms with E-state index in [4.69, 9.17) is 0 Å². The Morgan fingerprint density at radius 2 is 1.53 bits per heavy atom. The van der Waals surface area contributed by atoms with Gasteiger partial charge in [0.05, 0.1) is 0 Å². The molecule has 1 unspecified atom stereocenters. The zero-order chi connectivity index (χ0) is 11.9. The third-order valence-corrected chi connectivity index (χ3v) is 4.21. The van der Waals surface area contributed by atoms with Crippen molar-refractivity contribution in [3.8, 4) is 0 Å². The van der Waals surface area contributed by atoms with Crippen LogP contribution in [0.3, 0.4) is 0 Å². The zero-order valence-electron chi connectivity index (χ0n) is 10.5. The number of benzene rings is 2. The van der Waals surface area contributed by atoms with Crippen LogP contribution in [0.15, 0.2) is 54.6 Å². The largest absolute Gasteiger partial charge is 0.0622 e. The van der Waals surface area contributed by atoms with E-state index in [1.165, 1.54) is 23.1 Å². The maximum atomic E-state index is 2.37. The highest BCUT2D eigenvalue weighted by molar-refractivity contribution is 5.44. The molecule has 0 aliphatic heterocycles. The van der Waals surface area contributed by atoms with Gasteiger partial charge in [-0.1, -0.05) is 68.4 Å². The second-order valence-electron chi connectivity index (χ2n) is 5.55. The second kappa shape index (κ2) is 3.73. The van der Waals surface area contributed by atoms with Crippen molar-refractivity contribution in [1.29, 1.82) is 0 Å². The van der Waals surface area contributed by atoms with Crippen molar-refractivity contribution >= 4 is 0 Å². The molecule has 0 spiro atoms. The molecule has 2 aromatic rings. The topological polar surface area (TPSA) is 0 Å². The molecule has 0 saturated carbocycles. The Hall–Kier alpha value is -1.56. The summed E-state index contributed by atoms with van der Waals surface area (Å²) in [6, 6.07) is 19.8. The molecule has 0 saturated heterocycles. The van der Waals surface area contributed by atoms with E-state index < -0.39 is 0 Å². The van der Waals surface area contributed by atoms with Crippen molar-refractivity contribution in [2.45, 2.75) is 31.6 Å². The smallest absolute Gasteiger partial charge is 0.00290 e. The van der Waals surface area contributed by atoms with Crippen LogP contribution in [0.5, 0.6) is 0 Å². The molecule has 1 aliphatic rings. The van der Waals surface area contributed by atoms with Crippen LogP contribution in [0.25, 0.3) is 0 Å². The SMILES string of the molecule is CC1(C)c2ccccc2CC1c1ccccc1. The van der Waals surface area contributed by atoms with Gasteiger partial charge < -0.3 is 0 Å². The van der Waals surface area contributed by atoms with Gasteiger partial charge >= 0.3 is 0 Å². The van der Waals surface area contributed by atoms with Crippen LogP contribution in [0.2, 0.25) is 0 Å². The second-order valence-corrected chi connectivity index (χ2v) is 5.55. The van der Waals surface area contributed by atoms with E-state index in [0.29, 0.717) is 5.92 Å². The van der Waals surface area contributed by atoms with Crippen molar-refractivity contribution in [1.82, 2.24) is 0 Å². The van der Waals surface area contributed by atoms with Crippen LogP contribution < -0.4 is 0 Å². The first-order chi connectivity index (χ1) is 8.19. The fourth-order valence-corrected chi connectivity index (χ4v) is 3.21. The lowest BCUT2D eigenvalue weighted by molar-refractivity contribution is 0.447. The zero-order valence-corrected chi connectivity index (χ0v) is 10.5. The molecule has 0 N–H and O–H groups in total. The maximum Gasteiger partial charge on any atom is -0.00290 e. The van der Waals surface area contributed by atoms with Crippen LogP contribution in [0, 0.1) is 0 Å². The lowest BCUT2D eigenvalue weighted by Gasteiger charge is -2.28. The van der Waals surface area contributed by atoms with Gasteiger partial charge in [-0.3, -0.25) is 0 Å². The summed E-state index contributed by atoms with van der Waals surface area (Å²) in [5.41, 5.74) is 4.76. The quantitative estimate of drug-likeness (QED) is 0.674. The van der Waals surface area contributed by atoms with Crippen LogP contribution in [-0.4, -0.2) is 0 Å². The summed E-state index contributed by atoms with van der Waals surface area (Å²) in [6.45, 7) is 4.74. The standard InChI is InChI=1S/C17H18/c1-17(2)15-11-7-6-10-14(15)12-16(17)13-8-4-3-5-9-13/h3-11,16H,12H2,1-2H3. The monoisotopic (exact) mass is 222 g/mol. The van der Waals surface area contributed by atoms with Gasteiger partial charge in [-0.15, -0.1) is 0 Å². The third kappa shape index (κ3) is 1.59. The molecule has 0 radical (unpaired) electrons. The minimum Gasteiger partial charge on any atom is -0.0622 e. The Labute approximate surface area is 103 Å². The van der Waals surface area contributed by atoms with Crippen LogP contribution in [0.1, 0.15) is 36.5 Å². The Balaban J connectivity index is 2.07. The van der Waals surface area contributed by atoms with Crippen LogP contribution >= 0.6 is 0 Å². The van der Waals surface area contributed by atoms with E-state index in [9.17, 15) is 0 Å². The minimum absolute atomic E-state index is 0.248. The molecule has 1 atom stereocenters. The molecule has 0 amide bonds. The molecule has 0 heterocycles. The van der Waals surface area contributed by atoms with Gasteiger partial charge in [0.25, 0.3) is 0 Å². The summed E-state index contributed by atoms with van der Waals surface area (Å²) in [4.78, 5) is 0. The van der Waals surface area contributed by atoms with E-state index in [1.807, 2.05) is 0 Å². The van der Waals surface area contributed by atoms with E-state index in [2.05, 4.69) is 68.4 Å². The van der Waals surface area contributed by atoms with Gasteiger partial charge in [-0.25, -0.2) is 0 Å². The molecule has 0 bridgehead atoms. The van der Waals surface area contributed by atoms with E-state index >= 15 is 0 Å². The number of fused-ring (bicyclic) bond motifs is 1. The van der Waals surface area contributed by atoms with Crippen LogP contribution in [-0.2, 0) is 11.8 Å². The molecule has 3 rings (SSSR count). The Morgan fingerprint density at radius 1 is 0.882 bits per heavy atom. The number of hydrogen-bond donors (Lipinski definition) is 0. The maximum absolute atomic E-state index is 2.37. The van der Waals surface area contributed by atoms with E-state index in [1.54, 1.807) is 0 Å². The Morgan fingerprint density at radius 3 is 2.24 bits per heavy atom. The molecule has 0 aromatic heterocycles. The van der Waals surface area contributed by atoms with E-state index in [0.717, 1.165) is 0 Å². The molecule has 17 heavy (non-hydrogen) atoms. The molecule has 2 aromatic carbocycles. The van der Waals surface area contributed by atoms with Crippen molar-refractivity contribution in [3.05, 3.63) is 71.3 Å². The molecular formula is C17H18. The lowest BCUT2D eigenvalue weighted by atomic mass is 9.75. The summed E-state index contributed by atoms with van der Waals surface area (Å²) in [5.74, 6) is 0.612. The van der Waals surface area contributed by atoms with Crippen molar-refractivity contribution < 1.29 is 0 Å². The molecular weight excluding hydrogens is 204 g/mol. The average Bonchev–Trinajstić information content (AvgIpc) is 2.63. The van der Waals surface area contributed by atoms with Gasteiger partial charge in [-0.05, 0) is 34.4 Å². The first-order valence-electron chi connectivity index (χ1n) is 6.33. The molecule has 0 heteroatoms. The Bertz CT molecular complexity index is 523. The molecule has 0 fully saturated rings. The third-order valence-electron chi connectivity index (χ3n) is 4.21. The molecule has 86 valence electrons.